The van der Waals surface area contributed by atoms with E-state index in [-0.39, 0.29) is 93.8 Å². The van der Waals surface area contributed by atoms with Gasteiger partial charge in [0.15, 0.2) is 11.6 Å². The van der Waals surface area contributed by atoms with Gasteiger partial charge in [-0.15, -0.1) is 0 Å². The van der Waals surface area contributed by atoms with Crippen LogP contribution in [0.25, 0.3) is 0 Å². The van der Waals surface area contributed by atoms with Gasteiger partial charge in [-0.25, -0.2) is 0 Å². The lowest BCUT2D eigenvalue weighted by molar-refractivity contribution is -0.149. The lowest BCUT2D eigenvalue weighted by Gasteiger charge is -2.36. The van der Waals surface area contributed by atoms with E-state index in [4.69, 9.17) is 0 Å². The second kappa shape index (κ2) is 34.2. The number of aliphatic hydroxyl groups is 1. The molecule has 0 aliphatic carbocycles. The molecular weight excluding hydrogens is 1070 g/mol. The Morgan fingerprint density at radius 1 is 0.530 bits per heavy atom. The molecule has 7 N–H and O–H groups in total. The first kappa shape index (κ1) is 73.3. The van der Waals surface area contributed by atoms with Crippen molar-refractivity contribution in [2.24, 2.45) is 53.3 Å². The number of fused-ring (bicyclic) bond motifs is 1. The summed E-state index contributed by atoms with van der Waals surface area (Å²) in [6.45, 7) is 27.7. The third-order valence-corrected chi connectivity index (χ3v) is 16.1. The third kappa shape index (κ3) is 23.0. The molecule has 22 nitrogen and oxygen atoms in total. The highest BCUT2D eigenvalue weighted by Gasteiger charge is 2.44. The number of carbonyl (C=O) groups excluding carboxylic acids is 12. The second-order valence-electron chi connectivity index (χ2n) is 26.0. The number of nitrogens with one attached hydrogen (secondary N) is 6. The number of likely N-dealkylation sites (N-methyl/N-ethyl adjacent to an activating group) is 2. The van der Waals surface area contributed by atoms with E-state index >= 15 is 0 Å². The molecule has 0 aromatic heterocycles. The standard InChI is InChI=1S/C61H105N9O13/c1-19-37(12)51-61(83)70-22-20-21-48(70)60(82)69(18)49(26-35(8)9)57(79)67-52(41(16)71)58(80)62-31-44(73)29-42(23-32(2)3)59(81)68(17)40(15)50(74)30-45(36(10)11)54(76)64-47(25-34(6)7)56(78)65-46(24-33(4)5)55(77)63-39(14)28-43(72)27-38(13)53(75)66-51/h32-42,45-49,51-52,71H,19-31H2,1-18H3,(H,62,80)(H,63,77)(H,64,76)(H,65,78)(H,66,75)(H,67,79)/t37-,38+,39-,40-,41+,42+,45-,46-,47-,48-,49-,51-,52-/m0/s1. The van der Waals surface area contributed by atoms with Gasteiger partial charge in [-0.3, -0.25) is 57.5 Å². The van der Waals surface area contributed by atoms with Crippen molar-refractivity contribution in [1.82, 2.24) is 46.6 Å². The Morgan fingerprint density at radius 3 is 1.58 bits per heavy atom. The predicted octanol–water partition coefficient (Wildman–Crippen LogP) is 3.63. The first-order valence-electron chi connectivity index (χ1n) is 30.4. The number of amides is 9. The van der Waals surface area contributed by atoms with Crippen LogP contribution in [0.15, 0.2) is 0 Å². The second-order valence-corrected chi connectivity index (χ2v) is 26.0. The lowest BCUT2D eigenvalue weighted by atomic mass is 9.87. The Kier molecular flexibility index (Phi) is 30.2. The number of nitrogens with zero attached hydrogens (tertiary/aromatic N) is 3. The van der Waals surface area contributed by atoms with E-state index < -0.39 is 155 Å². The van der Waals surface area contributed by atoms with Crippen LogP contribution < -0.4 is 31.9 Å². The summed E-state index contributed by atoms with van der Waals surface area (Å²) in [4.78, 5) is 173. The summed E-state index contributed by atoms with van der Waals surface area (Å²) < 4.78 is 0. The molecule has 9 amide bonds. The highest BCUT2D eigenvalue weighted by molar-refractivity contribution is 5.99. The maximum Gasteiger partial charge on any atom is 0.246 e. The van der Waals surface area contributed by atoms with Crippen molar-refractivity contribution in [3.05, 3.63) is 0 Å². The number of aliphatic hydroxyl groups excluding tert-OH is 1. The van der Waals surface area contributed by atoms with Crippen LogP contribution in [0.5, 0.6) is 0 Å². The maximum absolute atomic E-state index is 14.6. The monoisotopic (exact) mass is 1170 g/mol. The van der Waals surface area contributed by atoms with Gasteiger partial charge in [0.1, 0.15) is 42.0 Å². The maximum atomic E-state index is 14.6. The van der Waals surface area contributed by atoms with E-state index in [1.54, 1.807) is 34.6 Å². The molecule has 0 unspecified atom stereocenters. The number of ketones is 3. The molecule has 2 aliphatic heterocycles. The molecule has 0 aromatic rings. The zero-order valence-corrected chi connectivity index (χ0v) is 53.3. The van der Waals surface area contributed by atoms with Crippen molar-refractivity contribution in [1.29, 1.82) is 0 Å². The Morgan fingerprint density at radius 2 is 1.06 bits per heavy atom. The average Bonchev–Trinajstić information content (AvgIpc) is 3.94. The highest BCUT2D eigenvalue weighted by Crippen LogP contribution is 2.27. The van der Waals surface area contributed by atoms with Crippen LogP contribution in [-0.2, 0) is 57.5 Å². The van der Waals surface area contributed by atoms with E-state index in [1.165, 1.54) is 42.6 Å². The number of Topliss-reactive ketones (excluding diaryl/α,β-unsaturated/α-hetero) is 3. The minimum Gasteiger partial charge on any atom is -0.391 e. The fourth-order valence-electron chi connectivity index (χ4n) is 10.8. The van der Waals surface area contributed by atoms with Crippen LogP contribution in [0.1, 0.15) is 181 Å². The quantitative estimate of drug-likeness (QED) is 0.147. The number of carbonyl (C=O) groups is 12. The normalized spacial score (nSPS) is 28.9. The summed E-state index contributed by atoms with van der Waals surface area (Å²) >= 11 is 0. The zero-order valence-electron chi connectivity index (χ0n) is 53.3. The molecule has 2 aliphatic rings. The van der Waals surface area contributed by atoms with E-state index in [1.807, 2.05) is 62.3 Å². The van der Waals surface area contributed by atoms with Gasteiger partial charge >= 0.3 is 0 Å². The molecule has 2 heterocycles. The summed E-state index contributed by atoms with van der Waals surface area (Å²) in [7, 11) is 2.87. The summed E-state index contributed by atoms with van der Waals surface area (Å²) in [5.41, 5.74) is 0. The van der Waals surface area contributed by atoms with Crippen molar-refractivity contribution in [2.75, 3.05) is 27.2 Å². The van der Waals surface area contributed by atoms with Crippen molar-refractivity contribution in [3.63, 3.8) is 0 Å². The van der Waals surface area contributed by atoms with Gasteiger partial charge in [-0.2, -0.15) is 0 Å². The van der Waals surface area contributed by atoms with E-state index in [0.717, 1.165) is 0 Å². The largest absolute Gasteiger partial charge is 0.391 e. The number of hydrogen-bond donors (Lipinski definition) is 7. The van der Waals surface area contributed by atoms with Crippen molar-refractivity contribution < 1.29 is 62.6 Å². The molecule has 22 heteroatoms. The van der Waals surface area contributed by atoms with E-state index in [2.05, 4.69) is 31.9 Å². The first-order valence-corrected chi connectivity index (χ1v) is 30.4. The summed E-state index contributed by atoms with van der Waals surface area (Å²) in [5.74, 6) is -10.8. The molecule has 0 spiro atoms. The van der Waals surface area contributed by atoms with Crippen LogP contribution >= 0.6 is 0 Å². The smallest absolute Gasteiger partial charge is 0.246 e. The SMILES string of the molecule is CC[C@H](C)[C@@H]1NC(=O)[C@H](C)CC(=O)C[C@H](C)NC(=O)[C@H](CC(C)C)NC(=O)[C@H](CC(C)C)NC(=O)[C@H](C(C)C)CC(=O)[C@H](C)N(C)C(=O)[C@H](CC(C)C)CC(=O)CNC(=O)[C@H]([C@@H](C)O)NC(=O)[C@H](CC(C)C)N(C)C(=O)[C@@H]2CCCN2C1=O. The number of rotatable bonds is 12. The molecule has 13 atom stereocenters. The van der Waals surface area contributed by atoms with Gasteiger partial charge in [-0.1, -0.05) is 96.4 Å². The van der Waals surface area contributed by atoms with Gasteiger partial charge in [0.25, 0.3) is 0 Å². The average molecular weight is 1170 g/mol. The Hall–Kier alpha value is -5.80. The minimum absolute atomic E-state index is 0.0728. The summed E-state index contributed by atoms with van der Waals surface area (Å²) in [5, 5.41) is 27.3. The molecule has 0 bridgehead atoms. The third-order valence-electron chi connectivity index (χ3n) is 16.1. The van der Waals surface area contributed by atoms with Gasteiger partial charge < -0.3 is 51.7 Å². The van der Waals surface area contributed by atoms with Gasteiger partial charge in [0.2, 0.25) is 53.2 Å². The summed E-state index contributed by atoms with van der Waals surface area (Å²) in [6, 6.07) is -8.79. The molecule has 0 saturated carbocycles. The Bertz CT molecular complexity index is 2270. The van der Waals surface area contributed by atoms with Crippen LogP contribution in [-0.4, -0.2) is 172 Å². The van der Waals surface area contributed by atoms with E-state index in [9.17, 15) is 62.6 Å². The zero-order chi connectivity index (χ0) is 63.5. The highest BCUT2D eigenvalue weighted by atomic mass is 16.3. The predicted molar refractivity (Wildman–Crippen MR) is 315 cm³/mol. The first-order chi connectivity index (χ1) is 38.5. The Labute approximate surface area is 494 Å². The van der Waals surface area contributed by atoms with Crippen LogP contribution in [0, 0.1) is 53.3 Å². The molecule has 0 radical (unpaired) electrons. The van der Waals surface area contributed by atoms with Crippen molar-refractivity contribution in [2.45, 2.75) is 236 Å². The molecule has 472 valence electrons. The van der Waals surface area contributed by atoms with Gasteiger partial charge in [-0.05, 0) is 94.8 Å². The molecule has 83 heavy (non-hydrogen) atoms. The fourth-order valence-corrected chi connectivity index (χ4v) is 10.8. The summed E-state index contributed by atoms with van der Waals surface area (Å²) in [6.07, 6.45) is -0.515. The van der Waals surface area contributed by atoms with Gasteiger partial charge in [0.05, 0.1) is 18.7 Å². The van der Waals surface area contributed by atoms with Crippen molar-refractivity contribution >= 4 is 70.5 Å². The molecule has 0 aromatic carbocycles. The topological polar surface area (TPSA) is 307 Å². The van der Waals surface area contributed by atoms with Crippen LogP contribution in [0.4, 0.5) is 0 Å². The molecule has 2 fully saturated rings. The molecule has 2 saturated heterocycles. The molecular formula is C61H105N9O13. The van der Waals surface area contributed by atoms with Crippen LogP contribution in [0.3, 0.4) is 0 Å². The van der Waals surface area contributed by atoms with Crippen LogP contribution in [0.2, 0.25) is 0 Å². The lowest BCUT2D eigenvalue weighted by Crippen LogP contribution is -2.60. The van der Waals surface area contributed by atoms with Crippen molar-refractivity contribution in [3.8, 4) is 0 Å². The minimum atomic E-state index is -1.58. The van der Waals surface area contributed by atoms with Gasteiger partial charge in [0, 0.05) is 70.1 Å². The Balaban J connectivity index is 2.68. The van der Waals surface area contributed by atoms with E-state index in [0.29, 0.717) is 12.8 Å². The molecule has 2 rings (SSSR count). The fraction of sp³-hybridized carbons (Fsp3) is 0.803. The number of hydrogen-bond acceptors (Lipinski definition) is 13.